The molecule has 0 heterocycles. The highest BCUT2D eigenvalue weighted by atomic mass is 16.5. The monoisotopic (exact) mass is 192 g/mol. The van der Waals surface area contributed by atoms with Crippen LogP contribution in [-0.2, 0) is 14.3 Å². The van der Waals surface area contributed by atoms with Crippen LogP contribution >= 0.6 is 0 Å². The summed E-state index contributed by atoms with van der Waals surface area (Å²) in [5.41, 5.74) is 0. The highest BCUT2D eigenvalue weighted by molar-refractivity contribution is 6.32. The van der Waals surface area contributed by atoms with E-state index in [0.717, 1.165) is 0 Å². The summed E-state index contributed by atoms with van der Waals surface area (Å²) < 4.78 is 4.50. The van der Waals surface area contributed by atoms with Crippen LogP contribution in [0.25, 0.3) is 0 Å². The molecule has 0 aromatic heterocycles. The van der Waals surface area contributed by atoms with Crippen LogP contribution in [0.5, 0.6) is 0 Å². The van der Waals surface area contributed by atoms with E-state index in [4.69, 9.17) is 15.3 Å². The number of ketones is 1. The molecule has 0 spiro atoms. The van der Waals surface area contributed by atoms with Crippen molar-refractivity contribution in [2.75, 3.05) is 13.7 Å². The summed E-state index contributed by atoms with van der Waals surface area (Å²) in [5.74, 6) is -2.76. The normalized spacial score (nSPS) is 15.0. The highest BCUT2D eigenvalue weighted by Gasteiger charge is 2.22. The van der Waals surface area contributed by atoms with Crippen molar-refractivity contribution in [1.82, 2.24) is 0 Å². The average molecular weight is 192 g/mol. The van der Waals surface area contributed by atoms with Gasteiger partial charge in [0.25, 0.3) is 0 Å². The van der Waals surface area contributed by atoms with Crippen LogP contribution in [0.15, 0.2) is 0 Å². The standard InChI is InChI=1S/C7H12O6/c1-13-3-6(10)4(8)2-5(9)7(11)12/h4,6,8,10H,2-3H2,1H3,(H,11,12). The van der Waals surface area contributed by atoms with Gasteiger partial charge in [-0.05, 0) is 0 Å². The molecule has 0 saturated carbocycles. The maximum Gasteiger partial charge on any atom is 0.372 e. The number of rotatable bonds is 6. The molecule has 6 nitrogen and oxygen atoms in total. The Morgan fingerprint density at radius 2 is 1.85 bits per heavy atom. The lowest BCUT2D eigenvalue weighted by molar-refractivity contribution is -0.151. The summed E-state index contributed by atoms with van der Waals surface area (Å²) in [6, 6.07) is 0. The molecule has 0 bridgehead atoms. The predicted molar refractivity (Wildman–Crippen MR) is 41.1 cm³/mol. The van der Waals surface area contributed by atoms with Crippen LogP contribution in [-0.4, -0.2) is 53.0 Å². The number of hydrogen-bond donors (Lipinski definition) is 3. The number of methoxy groups -OCH3 is 1. The number of aliphatic carboxylic acids is 1. The van der Waals surface area contributed by atoms with Gasteiger partial charge in [-0.25, -0.2) is 4.79 Å². The quantitative estimate of drug-likeness (QED) is 0.438. The maximum atomic E-state index is 10.6. The first-order chi connectivity index (χ1) is 5.99. The number of hydrogen-bond acceptors (Lipinski definition) is 5. The van der Waals surface area contributed by atoms with Gasteiger partial charge >= 0.3 is 5.97 Å². The highest BCUT2D eigenvalue weighted by Crippen LogP contribution is 2.00. The molecule has 0 rings (SSSR count). The summed E-state index contributed by atoms with van der Waals surface area (Å²) in [6.07, 6.45) is -3.25. The first kappa shape index (κ1) is 12.0. The van der Waals surface area contributed by atoms with Crippen molar-refractivity contribution in [3.8, 4) is 0 Å². The van der Waals surface area contributed by atoms with E-state index in [9.17, 15) is 9.59 Å². The summed E-state index contributed by atoms with van der Waals surface area (Å²) in [6.45, 7) is -0.145. The fourth-order valence-corrected chi connectivity index (χ4v) is 0.695. The van der Waals surface area contributed by atoms with Crippen LogP contribution in [0, 0.1) is 0 Å². The number of ether oxygens (including phenoxy) is 1. The minimum absolute atomic E-state index is 0.145. The lowest BCUT2D eigenvalue weighted by atomic mass is 10.1. The van der Waals surface area contributed by atoms with Crippen molar-refractivity contribution in [2.45, 2.75) is 18.6 Å². The molecular weight excluding hydrogens is 180 g/mol. The van der Waals surface area contributed by atoms with Gasteiger partial charge in [0.2, 0.25) is 5.78 Å². The van der Waals surface area contributed by atoms with E-state index >= 15 is 0 Å². The molecule has 0 aliphatic rings. The molecule has 0 amide bonds. The van der Waals surface area contributed by atoms with Crippen molar-refractivity contribution in [3.63, 3.8) is 0 Å². The van der Waals surface area contributed by atoms with E-state index in [0.29, 0.717) is 0 Å². The van der Waals surface area contributed by atoms with E-state index < -0.39 is 30.4 Å². The van der Waals surface area contributed by atoms with Crippen LogP contribution in [0.2, 0.25) is 0 Å². The molecule has 0 aromatic rings. The Kier molecular flexibility index (Phi) is 5.20. The second-order valence-electron chi connectivity index (χ2n) is 2.52. The predicted octanol–water partition coefficient (Wildman–Crippen LogP) is -1.60. The third-order valence-electron chi connectivity index (χ3n) is 1.41. The van der Waals surface area contributed by atoms with Crippen LogP contribution < -0.4 is 0 Å². The van der Waals surface area contributed by atoms with Gasteiger partial charge in [-0.1, -0.05) is 0 Å². The van der Waals surface area contributed by atoms with E-state index in [2.05, 4.69) is 4.74 Å². The number of aliphatic hydroxyl groups is 2. The minimum Gasteiger partial charge on any atom is -0.475 e. The number of carbonyl (C=O) groups excluding carboxylic acids is 1. The average Bonchev–Trinajstić information content (AvgIpc) is 2.04. The Balaban J connectivity index is 3.91. The fraction of sp³-hybridized carbons (Fsp3) is 0.714. The molecule has 2 atom stereocenters. The topological polar surface area (TPSA) is 104 Å². The Bertz CT molecular complexity index is 189. The van der Waals surface area contributed by atoms with Crippen LogP contribution in [0.3, 0.4) is 0 Å². The Morgan fingerprint density at radius 1 is 1.31 bits per heavy atom. The Hall–Kier alpha value is -0.980. The Labute approximate surface area is 74.7 Å². The lowest BCUT2D eigenvalue weighted by Crippen LogP contribution is -2.33. The number of carboxylic acid groups (broad SMARTS) is 1. The van der Waals surface area contributed by atoms with Crippen molar-refractivity contribution in [2.24, 2.45) is 0 Å². The smallest absolute Gasteiger partial charge is 0.372 e. The lowest BCUT2D eigenvalue weighted by Gasteiger charge is -2.14. The van der Waals surface area contributed by atoms with E-state index in [1.165, 1.54) is 7.11 Å². The van der Waals surface area contributed by atoms with Crippen molar-refractivity contribution in [1.29, 1.82) is 0 Å². The third-order valence-corrected chi connectivity index (χ3v) is 1.41. The number of carbonyl (C=O) groups is 2. The zero-order valence-electron chi connectivity index (χ0n) is 7.14. The fourth-order valence-electron chi connectivity index (χ4n) is 0.695. The van der Waals surface area contributed by atoms with Gasteiger partial charge < -0.3 is 20.1 Å². The molecule has 76 valence electrons. The zero-order chi connectivity index (χ0) is 10.4. The summed E-state index contributed by atoms with van der Waals surface area (Å²) in [4.78, 5) is 20.6. The van der Waals surface area contributed by atoms with Crippen molar-refractivity contribution < 1.29 is 29.6 Å². The molecule has 6 heteroatoms. The van der Waals surface area contributed by atoms with Gasteiger partial charge in [0.05, 0.1) is 12.7 Å². The number of Topliss-reactive ketones (excluding diaryl/α,β-unsaturated/α-hetero) is 1. The van der Waals surface area contributed by atoms with Gasteiger partial charge in [0.1, 0.15) is 6.10 Å². The van der Waals surface area contributed by atoms with Gasteiger partial charge in [-0.2, -0.15) is 0 Å². The SMILES string of the molecule is COCC(O)C(O)CC(=O)C(=O)O. The largest absolute Gasteiger partial charge is 0.475 e. The molecule has 0 aliphatic heterocycles. The summed E-state index contributed by atoms with van der Waals surface area (Å²) in [7, 11) is 1.31. The molecule has 3 N–H and O–H groups in total. The first-order valence-electron chi connectivity index (χ1n) is 3.60. The number of carboxylic acids is 1. The summed E-state index contributed by atoms with van der Waals surface area (Å²) >= 11 is 0. The molecule has 0 saturated heterocycles. The van der Waals surface area contributed by atoms with Gasteiger partial charge in [0, 0.05) is 13.5 Å². The molecule has 0 fully saturated rings. The Morgan fingerprint density at radius 3 is 2.23 bits per heavy atom. The van der Waals surface area contributed by atoms with Crippen LogP contribution in [0.4, 0.5) is 0 Å². The number of aliphatic hydroxyl groups excluding tert-OH is 2. The first-order valence-corrected chi connectivity index (χ1v) is 3.60. The molecule has 0 aliphatic carbocycles. The molecular formula is C7H12O6. The van der Waals surface area contributed by atoms with E-state index in [-0.39, 0.29) is 6.61 Å². The second kappa shape index (κ2) is 5.63. The third kappa shape index (κ3) is 4.56. The molecule has 0 radical (unpaired) electrons. The summed E-state index contributed by atoms with van der Waals surface area (Å²) in [5, 5.41) is 26.3. The maximum absolute atomic E-state index is 10.6. The van der Waals surface area contributed by atoms with Crippen LogP contribution in [0.1, 0.15) is 6.42 Å². The zero-order valence-corrected chi connectivity index (χ0v) is 7.14. The molecule has 0 aromatic carbocycles. The van der Waals surface area contributed by atoms with Gasteiger partial charge in [-0.15, -0.1) is 0 Å². The second-order valence-corrected chi connectivity index (χ2v) is 2.52. The van der Waals surface area contributed by atoms with Crippen molar-refractivity contribution in [3.05, 3.63) is 0 Å². The van der Waals surface area contributed by atoms with Crippen molar-refractivity contribution >= 4 is 11.8 Å². The van der Waals surface area contributed by atoms with Gasteiger partial charge in [-0.3, -0.25) is 4.79 Å². The van der Waals surface area contributed by atoms with Gasteiger partial charge in [0.15, 0.2) is 0 Å². The minimum atomic E-state index is -1.62. The van der Waals surface area contributed by atoms with E-state index in [1.54, 1.807) is 0 Å². The molecule has 13 heavy (non-hydrogen) atoms. The molecule has 2 unspecified atom stereocenters. The van der Waals surface area contributed by atoms with E-state index in [1.807, 2.05) is 0 Å².